The number of nitrogens with zero attached hydrogens (tertiary/aromatic N) is 3. The van der Waals surface area contributed by atoms with Gasteiger partial charge in [0.25, 0.3) is 0 Å². The van der Waals surface area contributed by atoms with Crippen LogP contribution in [0.25, 0.3) is 11.3 Å². The lowest BCUT2D eigenvalue weighted by molar-refractivity contribution is -0.106. The van der Waals surface area contributed by atoms with Gasteiger partial charge in [0.1, 0.15) is 5.69 Å². The zero-order valence-corrected chi connectivity index (χ0v) is 13.3. The summed E-state index contributed by atoms with van der Waals surface area (Å²) in [5.74, 6) is 0.451. The number of benzene rings is 1. The standard InChI is InChI=1S/C15H12N4O4S/c1-9-12(22-14(16)21)13(23-18-9)10-2-4-11(5-3-10)19(8-20)15-17-6-7-24-15/h2-8H,1H3,(H2,16,21). The summed E-state index contributed by atoms with van der Waals surface area (Å²) in [6.07, 6.45) is 1.36. The summed E-state index contributed by atoms with van der Waals surface area (Å²) >= 11 is 1.35. The summed E-state index contributed by atoms with van der Waals surface area (Å²) in [5, 5.41) is 6.12. The molecular weight excluding hydrogens is 332 g/mol. The molecule has 3 aromatic rings. The molecule has 2 N–H and O–H groups in total. The van der Waals surface area contributed by atoms with E-state index in [0.717, 1.165) is 0 Å². The SMILES string of the molecule is Cc1noc(-c2ccc(N(C=O)c3nccs3)cc2)c1OC(N)=O. The second-order valence-corrected chi connectivity index (χ2v) is 5.56. The first-order valence-electron chi connectivity index (χ1n) is 6.78. The van der Waals surface area contributed by atoms with Crippen LogP contribution in [0.1, 0.15) is 5.69 Å². The Morgan fingerprint density at radius 1 is 1.38 bits per heavy atom. The predicted octanol–water partition coefficient (Wildman–Crippen LogP) is 2.86. The Labute approximate surface area is 140 Å². The molecule has 0 bridgehead atoms. The number of thiazole rings is 1. The van der Waals surface area contributed by atoms with Crippen LogP contribution in [0.4, 0.5) is 15.6 Å². The van der Waals surface area contributed by atoms with E-state index >= 15 is 0 Å². The van der Waals surface area contributed by atoms with Crippen molar-refractivity contribution >= 4 is 34.7 Å². The lowest BCUT2D eigenvalue weighted by Crippen LogP contribution is -2.16. The molecule has 0 radical (unpaired) electrons. The van der Waals surface area contributed by atoms with Crippen LogP contribution >= 0.6 is 11.3 Å². The second kappa shape index (κ2) is 6.50. The van der Waals surface area contributed by atoms with E-state index in [9.17, 15) is 9.59 Å². The van der Waals surface area contributed by atoms with Crippen molar-refractivity contribution in [2.75, 3.05) is 4.90 Å². The number of anilines is 2. The van der Waals surface area contributed by atoms with Gasteiger partial charge in [0.2, 0.25) is 17.9 Å². The van der Waals surface area contributed by atoms with Gasteiger partial charge in [-0.3, -0.25) is 9.69 Å². The van der Waals surface area contributed by atoms with Crippen molar-refractivity contribution < 1.29 is 18.8 Å². The minimum Gasteiger partial charge on any atom is -0.404 e. The third kappa shape index (κ3) is 2.97. The van der Waals surface area contributed by atoms with Gasteiger partial charge in [0, 0.05) is 17.1 Å². The van der Waals surface area contributed by atoms with Crippen LogP contribution in [0.3, 0.4) is 0 Å². The fourth-order valence-corrected chi connectivity index (χ4v) is 2.72. The molecule has 1 aromatic carbocycles. The van der Waals surface area contributed by atoms with Crippen molar-refractivity contribution in [3.8, 4) is 17.1 Å². The highest BCUT2D eigenvalue weighted by Gasteiger charge is 2.19. The molecule has 9 heteroatoms. The summed E-state index contributed by atoms with van der Waals surface area (Å²) in [4.78, 5) is 27.9. The highest BCUT2D eigenvalue weighted by molar-refractivity contribution is 7.13. The van der Waals surface area contributed by atoms with E-state index in [-0.39, 0.29) is 11.5 Å². The Kier molecular flexibility index (Phi) is 4.25. The van der Waals surface area contributed by atoms with Crippen molar-refractivity contribution in [2.45, 2.75) is 6.92 Å². The first kappa shape index (κ1) is 15.7. The third-order valence-corrected chi connectivity index (χ3v) is 3.92. The fourth-order valence-electron chi connectivity index (χ4n) is 2.09. The number of carbonyl (C=O) groups is 2. The van der Waals surface area contributed by atoms with Crippen LogP contribution < -0.4 is 15.4 Å². The summed E-state index contributed by atoms with van der Waals surface area (Å²) < 4.78 is 10.1. The number of ether oxygens (including phenoxy) is 1. The number of amides is 2. The Morgan fingerprint density at radius 3 is 2.71 bits per heavy atom. The molecule has 0 saturated carbocycles. The maximum absolute atomic E-state index is 11.3. The lowest BCUT2D eigenvalue weighted by Gasteiger charge is -2.14. The van der Waals surface area contributed by atoms with Gasteiger partial charge >= 0.3 is 6.09 Å². The van der Waals surface area contributed by atoms with E-state index in [1.165, 1.54) is 16.2 Å². The molecule has 0 spiro atoms. The van der Waals surface area contributed by atoms with E-state index in [0.29, 0.717) is 28.5 Å². The maximum Gasteiger partial charge on any atom is 0.410 e. The van der Waals surface area contributed by atoms with Crippen molar-refractivity contribution in [2.24, 2.45) is 5.73 Å². The molecule has 0 aliphatic carbocycles. The minimum absolute atomic E-state index is 0.169. The third-order valence-electron chi connectivity index (χ3n) is 3.15. The van der Waals surface area contributed by atoms with Gasteiger partial charge in [-0.15, -0.1) is 11.3 Å². The molecule has 24 heavy (non-hydrogen) atoms. The van der Waals surface area contributed by atoms with Gasteiger partial charge in [-0.2, -0.15) is 0 Å². The van der Waals surface area contributed by atoms with Gasteiger partial charge in [0.15, 0.2) is 5.13 Å². The Hall–Kier alpha value is -3.20. The Bertz CT molecular complexity index is 858. The van der Waals surface area contributed by atoms with Crippen molar-refractivity contribution in [3.05, 3.63) is 41.5 Å². The zero-order chi connectivity index (χ0) is 17.1. The number of rotatable bonds is 5. The largest absolute Gasteiger partial charge is 0.410 e. The van der Waals surface area contributed by atoms with Gasteiger partial charge in [-0.05, 0) is 31.2 Å². The summed E-state index contributed by atoms with van der Waals surface area (Å²) in [7, 11) is 0. The molecule has 0 aliphatic rings. The van der Waals surface area contributed by atoms with Crippen molar-refractivity contribution in [3.63, 3.8) is 0 Å². The lowest BCUT2D eigenvalue weighted by atomic mass is 10.1. The van der Waals surface area contributed by atoms with E-state index in [4.69, 9.17) is 15.0 Å². The predicted molar refractivity (Wildman–Crippen MR) is 87.2 cm³/mol. The molecule has 2 heterocycles. The molecular formula is C15H12N4O4S. The molecule has 122 valence electrons. The van der Waals surface area contributed by atoms with Gasteiger partial charge in [-0.25, -0.2) is 9.78 Å². The van der Waals surface area contributed by atoms with Crippen LogP contribution in [0, 0.1) is 6.92 Å². The smallest absolute Gasteiger partial charge is 0.404 e. The molecule has 2 amide bonds. The normalized spacial score (nSPS) is 10.4. The van der Waals surface area contributed by atoms with Crippen LogP contribution in [-0.2, 0) is 4.79 Å². The average molecular weight is 344 g/mol. The highest BCUT2D eigenvalue weighted by atomic mass is 32.1. The van der Waals surface area contributed by atoms with Gasteiger partial charge in [-0.1, -0.05) is 5.16 Å². The Balaban J connectivity index is 1.93. The zero-order valence-electron chi connectivity index (χ0n) is 12.5. The topological polar surface area (TPSA) is 112 Å². The maximum atomic E-state index is 11.3. The fraction of sp³-hybridized carbons (Fsp3) is 0.0667. The summed E-state index contributed by atoms with van der Waals surface area (Å²) in [6, 6.07) is 6.87. The number of hydrogen-bond donors (Lipinski definition) is 1. The van der Waals surface area contributed by atoms with Gasteiger partial charge < -0.3 is 15.0 Å². The van der Waals surface area contributed by atoms with Crippen LogP contribution in [0.15, 0.2) is 40.4 Å². The molecule has 0 fully saturated rings. The summed E-state index contributed by atoms with van der Waals surface area (Å²) in [6.45, 7) is 1.64. The monoisotopic (exact) mass is 344 g/mol. The first-order chi connectivity index (χ1) is 11.6. The van der Waals surface area contributed by atoms with E-state index in [1.54, 1.807) is 42.8 Å². The molecule has 3 rings (SSSR count). The molecule has 0 saturated heterocycles. The molecule has 8 nitrogen and oxygen atoms in total. The molecule has 0 aliphatic heterocycles. The highest BCUT2D eigenvalue weighted by Crippen LogP contribution is 2.34. The second-order valence-electron chi connectivity index (χ2n) is 4.68. The van der Waals surface area contributed by atoms with Crippen molar-refractivity contribution in [1.82, 2.24) is 10.1 Å². The quantitative estimate of drug-likeness (QED) is 0.712. The number of primary amides is 1. The number of hydrogen-bond acceptors (Lipinski definition) is 7. The minimum atomic E-state index is -0.949. The van der Waals surface area contributed by atoms with Gasteiger partial charge in [0.05, 0.1) is 5.69 Å². The molecule has 0 atom stereocenters. The number of carbonyl (C=O) groups excluding carboxylic acids is 2. The number of nitrogens with two attached hydrogens (primary N) is 1. The van der Waals surface area contributed by atoms with Crippen LogP contribution in [-0.4, -0.2) is 22.6 Å². The molecule has 2 aromatic heterocycles. The van der Waals surface area contributed by atoms with Crippen LogP contribution in [0.5, 0.6) is 5.75 Å². The molecule has 0 unspecified atom stereocenters. The Morgan fingerprint density at radius 2 is 2.12 bits per heavy atom. The number of aromatic nitrogens is 2. The van der Waals surface area contributed by atoms with Crippen LogP contribution in [0.2, 0.25) is 0 Å². The summed E-state index contributed by atoms with van der Waals surface area (Å²) in [5.41, 5.74) is 6.72. The average Bonchev–Trinajstić information content (AvgIpc) is 3.20. The number of aryl methyl sites for hydroxylation is 1. The van der Waals surface area contributed by atoms with Crippen molar-refractivity contribution in [1.29, 1.82) is 0 Å². The first-order valence-corrected chi connectivity index (χ1v) is 7.66. The van der Waals surface area contributed by atoms with E-state index < -0.39 is 6.09 Å². The van der Waals surface area contributed by atoms with E-state index in [2.05, 4.69) is 10.1 Å². The van der Waals surface area contributed by atoms with E-state index in [1.807, 2.05) is 0 Å².